The number of nitrogens with two attached hydrogens (primary N) is 1. The minimum atomic E-state index is 0.0264. The lowest BCUT2D eigenvalue weighted by atomic mass is 10.3. The lowest BCUT2D eigenvalue weighted by Crippen LogP contribution is -2.08. The maximum absolute atomic E-state index is 7.32. The summed E-state index contributed by atoms with van der Waals surface area (Å²) in [7, 11) is 0. The highest BCUT2D eigenvalue weighted by Crippen LogP contribution is 2.27. The Morgan fingerprint density at radius 1 is 1.32 bits per heavy atom. The van der Waals surface area contributed by atoms with Gasteiger partial charge in [-0.1, -0.05) is 12.1 Å². The topological polar surface area (TPSA) is 81.2 Å². The van der Waals surface area contributed by atoms with E-state index >= 15 is 0 Å². The third kappa shape index (κ3) is 3.45. The van der Waals surface area contributed by atoms with Crippen LogP contribution in [-0.2, 0) is 6.61 Å². The van der Waals surface area contributed by atoms with Crippen molar-refractivity contribution in [2.75, 3.05) is 6.61 Å². The lowest BCUT2D eigenvalue weighted by Gasteiger charge is -2.10. The van der Waals surface area contributed by atoms with E-state index in [1.54, 1.807) is 6.20 Å². The van der Waals surface area contributed by atoms with E-state index in [4.69, 9.17) is 20.6 Å². The Hall–Kier alpha value is -2.08. The van der Waals surface area contributed by atoms with Gasteiger partial charge in [0.2, 0.25) is 0 Å². The molecule has 0 bridgehead atoms. The van der Waals surface area contributed by atoms with E-state index < -0.39 is 0 Å². The maximum atomic E-state index is 7.32. The van der Waals surface area contributed by atoms with Gasteiger partial charge in [0.25, 0.3) is 0 Å². The van der Waals surface area contributed by atoms with Crippen LogP contribution in [0.2, 0.25) is 0 Å². The second-order valence-electron chi connectivity index (χ2n) is 3.70. The van der Waals surface area contributed by atoms with Crippen LogP contribution in [0.5, 0.6) is 11.5 Å². The molecule has 0 amide bonds. The highest BCUT2D eigenvalue weighted by molar-refractivity contribution is 7.13. The minimum Gasteiger partial charge on any atom is -0.490 e. The first-order valence-corrected chi connectivity index (χ1v) is 6.66. The van der Waals surface area contributed by atoms with Gasteiger partial charge in [0, 0.05) is 6.20 Å². The van der Waals surface area contributed by atoms with Gasteiger partial charge in [0.05, 0.1) is 11.5 Å². The second-order valence-corrected chi connectivity index (χ2v) is 4.82. The number of nitrogen functional groups attached to an aromatic ring is 1. The predicted octanol–water partition coefficient (Wildman–Crippen LogP) is 2.40. The van der Waals surface area contributed by atoms with E-state index in [0.29, 0.717) is 29.6 Å². The summed E-state index contributed by atoms with van der Waals surface area (Å²) >= 11 is 1.35. The number of rotatable bonds is 6. The summed E-state index contributed by atoms with van der Waals surface area (Å²) in [5.41, 5.74) is 5.39. The zero-order chi connectivity index (χ0) is 13.7. The summed E-state index contributed by atoms with van der Waals surface area (Å²) in [6, 6.07) is 7.50. The Balaban J connectivity index is 2.03. The standard InChI is InChI=1S/C13H15N3O2S/c1-2-17-9-5-3-4-6-10(9)18-8-12-16-7-11(19-12)13(14)15/h3-7H,2,8H2,1H3,(H3,14,15). The maximum Gasteiger partial charge on any atom is 0.161 e. The summed E-state index contributed by atoms with van der Waals surface area (Å²) in [6.45, 7) is 2.85. The number of benzene rings is 1. The van der Waals surface area contributed by atoms with Gasteiger partial charge < -0.3 is 15.2 Å². The van der Waals surface area contributed by atoms with Crippen molar-refractivity contribution in [3.63, 3.8) is 0 Å². The molecule has 0 aliphatic carbocycles. The van der Waals surface area contributed by atoms with Gasteiger partial charge in [-0.3, -0.25) is 5.41 Å². The molecule has 1 aromatic carbocycles. The smallest absolute Gasteiger partial charge is 0.161 e. The van der Waals surface area contributed by atoms with Gasteiger partial charge in [-0.05, 0) is 19.1 Å². The van der Waals surface area contributed by atoms with Crippen molar-refractivity contribution in [2.24, 2.45) is 5.73 Å². The van der Waals surface area contributed by atoms with Crippen LogP contribution in [0.25, 0.3) is 0 Å². The number of ether oxygens (including phenoxy) is 2. The second kappa shape index (κ2) is 6.19. The third-order valence-corrected chi connectivity index (χ3v) is 3.32. The van der Waals surface area contributed by atoms with Crippen LogP contribution >= 0.6 is 11.3 Å². The fourth-order valence-corrected chi connectivity index (χ4v) is 2.18. The Morgan fingerprint density at radius 2 is 2.00 bits per heavy atom. The molecule has 0 radical (unpaired) electrons. The van der Waals surface area contributed by atoms with Crippen LogP contribution in [0, 0.1) is 5.41 Å². The van der Waals surface area contributed by atoms with Crippen LogP contribution in [0.1, 0.15) is 16.8 Å². The van der Waals surface area contributed by atoms with Crippen molar-refractivity contribution in [2.45, 2.75) is 13.5 Å². The zero-order valence-electron chi connectivity index (χ0n) is 10.6. The van der Waals surface area contributed by atoms with Crippen molar-refractivity contribution >= 4 is 17.2 Å². The van der Waals surface area contributed by atoms with Crippen molar-refractivity contribution in [1.82, 2.24) is 4.98 Å². The summed E-state index contributed by atoms with van der Waals surface area (Å²) < 4.78 is 11.2. The molecule has 2 rings (SSSR count). The first kappa shape index (κ1) is 13.4. The molecule has 3 N–H and O–H groups in total. The van der Waals surface area contributed by atoms with Gasteiger partial charge in [0.1, 0.15) is 17.5 Å². The molecule has 0 unspecified atom stereocenters. The average Bonchev–Trinajstić information content (AvgIpc) is 2.87. The first-order valence-electron chi connectivity index (χ1n) is 5.84. The highest BCUT2D eigenvalue weighted by Gasteiger charge is 2.07. The highest BCUT2D eigenvalue weighted by atomic mass is 32.1. The monoisotopic (exact) mass is 277 g/mol. The molecule has 0 atom stereocenters. The van der Waals surface area contributed by atoms with Crippen LogP contribution in [0.4, 0.5) is 0 Å². The molecule has 6 heteroatoms. The normalized spacial score (nSPS) is 10.2. The van der Waals surface area contributed by atoms with Gasteiger partial charge in [-0.2, -0.15) is 0 Å². The van der Waals surface area contributed by atoms with E-state index in [1.807, 2.05) is 31.2 Å². The number of para-hydroxylation sites is 2. The number of aromatic nitrogens is 1. The largest absolute Gasteiger partial charge is 0.490 e. The number of nitrogens with one attached hydrogen (secondary N) is 1. The summed E-state index contributed by atoms with van der Waals surface area (Å²) in [4.78, 5) is 4.81. The molecule has 0 aliphatic rings. The quantitative estimate of drug-likeness (QED) is 0.627. The lowest BCUT2D eigenvalue weighted by molar-refractivity contribution is 0.269. The molecule has 100 valence electrons. The van der Waals surface area contributed by atoms with Gasteiger partial charge in [-0.15, -0.1) is 11.3 Å². The molecule has 0 spiro atoms. The van der Waals surface area contributed by atoms with E-state index in [2.05, 4.69) is 4.98 Å². The number of thiazole rings is 1. The Bertz CT molecular complexity index is 569. The van der Waals surface area contributed by atoms with Gasteiger partial charge in [0.15, 0.2) is 11.5 Å². The fourth-order valence-electron chi connectivity index (χ4n) is 1.49. The summed E-state index contributed by atoms with van der Waals surface area (Å²) in [5, 5.41) is 8.10. The Labute approximate surface area is 115 Å². The fraction of sp³-hybridized carbons (Fsp3) is 0.231. The zero-order valence-corrected chi connectivity index (χ0v) is 11.4. The Morgan fingerprint density at radius 3 is 2.58 bits per heavy atom. The molecule has 0 fully saturated rings. The minimum absolute atomic E-state index is 0.0264. The van der Waals surface area contributed by atoms with Crippen molar-refractivity contribution in [1.29, 1.82) is 5.41 Å². The third-order valence-electron chi connectivity index (χ3n) is 2.32. The van der Waals surface area contributed by atoms with E-state index in [0.717, 1.165) is 5.01 Å². The number of hydrogen-bond acceptors (Lipinski definition) is 5. The molecule has 19 heavy (non-hydrogen) atoms. The van der Waals surface area contributed by atoms with Crippen molar-refractivity contribution in [3.8, 4) is 11.5 Å². The van der Waals surface area contributed by atoms with Crippen LogP contribution < -0.4 is 15.2 Å². The number of nitrogens with zero attached hydrogens (tertiary/aromatic N) is 1. The van der Waals surface area contributed by atoms with E-state index in [-0.39, 0.29) is 5.84 Å². The van der Waals surface area contributed by atoms with E-state index in [9.17, 15) is 0 Å². The molecule has 0 saturated heterocycles. The predicted molar refractivity (Wildman–Crippen MR) is 75.1 cm³/mol. The van der Waals surface area contributed by atoms with Gasteiger partial charge in [-0.25, -0.2) is 4.98 Å². The average molecular weight is 277 g/mol. The Kier molecular flexibility index (Phi) is 4.35. The molecule has 0 aliphatic heterocycles. The molecule has 0 saturated carbocycles. The number of hydrogen-bond donors (Lipinski definition) is 2. The SMILES string of the molecule is CCOc1ccccc1OCc1ncc(C(=N)N)s1. The van der Waals surface area contributed by atoms with E-state index in [1.165, 1.54) is 11.3 Å². The van der Waals surface area contributed by atoms with Crippen molar-refractivity contribution < 1.29 is 9.47 Å². The van der Waals surface area contributed by atoms with Crippen molar-refractivity contribution in [3.05, 3.63) is 40.3 Å². The molecular weight excluding hydrogens is 262 g/mol. The van der Waals surface area contributed by atoms with Crippen LogP contribution in [0.3, 0.4) is 0 Å². The molecule has 1 aromatic heterocycles. The van der Waals surface area contributed by atoms with Gasteiger partial charge >= 0.3 is 0 Å². The van der Waals surface area contributed by atoms with Crippen LogP contribution in [0.15, 0.2) is 30.5 Å². The molecule has 2 aromatic rings. The molecule has 1 heterocycles. The first-order chi connectivity index (χ1) is 9.20. The number of amidine groups is 1. The van der Waals surface area contributed by atoms with Crippen LogP contribution in [-0.4, -0.2) is 17.4 Å². The summed E-state index contributed by atoms with van der Waals surface area (Å²) in [6.07, 6.45) is 1.58. The molecule has 5 nitrogen and oxygen atoms in total. The molecular formula is C13H15N3O2S. The summed E-state index contributed by atoms with van der Waals surface area (Å²) in [5.74, 6) is 1.43.